The predicted octanol–water partition coefficient (Wildman–Crippen LogP) is 3.23. The summed E-state index contributed by atoms with van der Waals surface area (Å²) in [6.07, 6.45) is 5.40. The third-order valence-electron chi connectivity index (χ3n) is 5.62. The summed E-state index contributed by atoms with van der Waals surface area (Å²) in [5.74, 6) is -0.0752. The molecule has 0 N–H and O–H groups in total. The van der Waals surface area contributed by atoms with E-state index >= 15 is 0 Å². The number of carbonyl (C=O) groups is 3. The maximum Gasteiger partial charge on any atom is 0.417 e. The summed E-state index contributed by atoms with van der Waals surface area (Å²) in [6.45, 7) is 7.25. The van der Waals surface area contributed by atoms with Gasteiger partial charge in [-0.3, -0.25) is 9.69 Å². The van der Waals surface area contributed by atoms with Gasteiger partial charge in [-0.15, -0.1) is 0 Å². The van der Waals surface area contributed by atoms with Crippen molar-refractivity contribution in [2.75, 3.05) is 14.2 Å². The highest BCUT2D eigenvalue weighted by molar-refractivity contribution is 6.07. The SMILES string of the molecule is COC(=O)N1C=CC2(C=C1)C(=O)N(Cc1ccc(OC)cc1)C2(C)C(=O)OC(C)(C)C. The Bertz CT molecular complexity index is 930. The fraction of sp³-hybridized carbons (Fsp3) is 0.435. The Hall–Kier alpha value is -3.29. The molecule has 3 rings (SSSR count). The lowest BCUT2D eigenvalue weighted by Crippen LogP contribution is -2.79. The number of rotatable bonds is 4. The van der Waals surface area contributed by atoms with Crippen LogP contribution in [0, 0.1) is 5.41 Å². The van der Waals surface area contributed by atoms with Crippen molar-refractivity contribution in [1.29, 1.82) is 0 Å². The summed E-state index contributed by atoms with van der Waals surface area (Å²) >= 11 is 0. The minimum atomic E-state index is -1.30. The predicted molar refractivity (Wildman–Crippen MR) is 113 cm³/mol. The first-order valence-corrected chi connectivity index (χ1v) is 9.92. The molecule has 2 aliphatic rings. The van der Waals surface area contributed by atoms with Gasteiger partial charge < -0.3 is 19.1 Å². The second-order valence-electron chi connectivity index (χ2n) is 8.69. The van der Waals surface area contributed by atoms with Crippen LogP contribution in [0.25, 0.3) is 0 Å². The van der Waals surface area contributed by atoms with E-state index in [1.807, 2.05) is 12.1 Å². The summed E-state index contributed by atoms with van der Waals surface area (Å²) < 4.78 is 15.6. The highest BCUT2D eigenvalue weighted by Crippen LogP contribution is 2.53. The molecule has 8 nitrogen and oxygen atoms in total. The number of ether oxygens (including phenoxy) is 3. The highest BCUT2D eigenvalue weighted by Gasteiger charge is 2.71. The fourth-order valence-electron chi connectivity index (χ4n) is 3.80. The van der Waals surface area contributed by atoms with Crippen LogP contribution >= 0.6 is 0 Å². The normalized spacial score (nSPS) is 21.7. The van der Waals surface area contributed by atoms with E-state index in [1.165, 1.54) is 29.3 Å². The Morgan fingerprint density at radius 3 is 2.10 bits per heavy atom. The summed E-state index contributed by atoms with van der Waals surface area (Å²) in [5, 5.41) is 0. The smallest absolute Gasteiger partial charge is 0.417 e. The van der Waals surface area contributed by atoms with Crippen LogP contribution in [0.1, 0.15) is 33.3 Å². The molecule has 166 valence electrons. The molecular formula is C23H28N2O6. The number of methoxy groups -OCH3 is 2. The van der Waals surface area contributed by atoms with Gasteiger partial charge in [0.25, 0.3) is 0 Å². The maximum atomic E-state index is 13.4. The van der Waals surface area contributed by atoms with Crippen LogP contribution in [0.15, 0.2) is 48.8 Å². The summed E-state index contributed by atoms with van der Waals surface area (Å²) in [4.78, 5) is 41.2. The van der Waals surface area contributed by atoms with E-state index in [1.54, 1.807) is 59.1 Å². The van der Waals surface area contributed by atoms with Crippen LogP contribution in [-0.2, 0) is 25.6 Å². The van der Waals surface area contributed by atoms with Gasteiger partial charge in [0.05, 0.1) is 14.2 Å². The van der Waals surface area contributed by atoms with Crippen molar-refractivity contribution in [2.24, 2.45) is 5.41 Å². The molecular weight excluding hydrogens is 400 g/mol. The van der Waals surface area contributed by atoms with E-state index in [9.17, 15) is 14.4 Å². The number of carbonyl (C=O) groups excluding carboxylic acids is 3. The number of benzene rings is 1. The Kier molecular flexibility index (Phi) is 5.60. The summed E-state index contributed by atoms with van der Waals surface area (Å²) in [7, 11) is 2.85. The van der Waals surface area contributed by atoms with Gasteiger partial charge in [0, 0.05) is 18.9 Å². The molecule has 1 saturated heterocycles. The van der Waals surface area contributed by atoms with Crippen LogP contribution in [0.2, 0.25) is 0 Å². The first-order chi connectivity index (χ1) is 14.5. The van der Waals surface area contributed by atoms with Crippen molar-refractivity contribution in [3.63, 3.8) is 0 Å². The molecule has 0 bridgehead atoms. The number of nitrogens with zero attached hydrogens (tertiary/aromatic N) is 2. The molecule has 1 aromatic carbocycles. The molecule has 8 heteroatoms. The van der Waals surface area contributed by atoms with Gasteiger partial charge in [-0.1, -0.05) is 12.1 Å². The molecule has 0 aromatic heterocycles. The Morgan fingerprint density at radius 1 is 1.03 bits per heavy atom. The number of β-lactam (4-membered cyclic amide) rings is 1. The lowest BCUT2D eigenvalue weighted by Gasteiger charge is -2.60. The molecule has 1 spiro atoms. The minimum absolute atomic E-state index is 0.225. The van der Waals surface area contributed by atoms with Crippen LogP contribution in [0.3, 0.4) is 0 Å². The molecule has 31 heavy (non-hydrogen) atoms. The average Bonchev–Trinajstić information content (AvgIpc) is 2.75. The number of amides is 2. The lowest BCUT2D eigenvalue weighted by atomic mass is 9.59. The van der Waals surface area contributed by atoms with Gasteiger partial charge in [0.15, 0.2) is 5.54 Å². The molecule has 0 aliphatic carbocycles. The van der Waals surface area contributed by atoms with E-state index in [0.717, 1.165) is 5.56 Å². The largest absolute Gasteiger partial charge is 0.497 e. The standard InChI is InChI=1S/C23H28N2O6/c1-21(2,3)31-19(27)22(4)23(11-13-24(14-12-23)20(28)30-6)18(26)25(22)15-16-7-9-17(29-5)10-8-16/h7-14H,15H2,1-6H3. The van der Waals surface area contributed by atoms with Crippen LogP contribution in [-0.4, -0.2) is 53.1 Å². The topological polar surface area (TPSA) is 85.4 Å². The second kappa shape index (κ2) is 7.76. The van der Waals surface area contributed by atoms with E-state index in [0.29, 0.717) is 5.75 Å². The van der Waals surface area contributed by atoms with Gasteiger partial charge in [0.1, 0.15) is 16.8 Å². The molecule has 2 heterocycles. The van der Waals surface area contributed by atoms with Gasteiger partial charge in [-0.05, 0) is 57.5 Å². The average molecular weight is 428 g/mol. The van der Waals surface area contributed by atoms with Crippen LogP contribution in [0.5, 0.6) is 5.75 Å². The second-order valence-corrected chi connectivity index (χ2v) is 8.69. The molecule has 1 aromatic rings. The molecule has 0 radical (unpaired) electrons. The molecule has 1 fully saturated rings. The van der Waals surface area contributed by atoms with Crippen molar-refractivity contribution in [3.8, 4) is 5.75 Å². The monoisotopic (exact) mass is 428 g/mol. The highest BCUT2D eigenvalue weighted by atomic mass is 16.6. The number of esters is 1. The zero-order valence-corrected chi connectivity index (χ0v) is 18.7. The third kappa shape index (κ3) is 3.66. The van der Waals surface area contributed by atoms with E-state index < -0.39 is 28.6 Å². The van der Waals surface area contributed by atoms with E-state index in [4.69, 9.17) is 14.2 Å². The van der Waals surface area contributed by atoms with Crippen molar-refractivity contribution in [2.45, 2.75) is 45.4 Å². The molecule has 1 atom stereocenters. The molecule has 2 amide bonds. The van der Waals surface area contributed by atoms with Gasteiger partial charge >= 0.3 is 12.1 Å². The quantitative estimate of drug-likeness (QED) is 0.541. The third-order valence-corrected chi connectivity index (χ3v) is 5.62. The zero-order valence-electron chi connectivity index (χ0n) is 18.7. The number of hydrogen-bond donors (Lipinski definition) is 0. The number of hydrogen-bond acceptors (Lipinski definition) is 6. The lowest BCUT2D eigenvalue weighted by molar-refractivity contribution is -0.202. The van der Waals surface area contributed by atoms with Gasteiger partial charge in [-0.25, -0.2) is 9.59 Å². The van der Waals surface area contributed by atoms with E-state index in [2.05, 4.69) is 0 Å². The van der Waals surface area contributed by atoms with Gasteiger partial charge in [-0.2, -0.15) is 0 Å². The Labute approximate surface area is 182 Å². The molecule has 2 aliphatic heterocycles. The first kappa shape index (κ1) is 22.4. The zero-order chi connectivity index (χ0) is 23.0. The summed E-state index contributed by atoms with van der Waals surface area (Å²) in [6, 6.07) is 7.29. The number of likely N-dealkylation sites (tertiary alicyclic amines) is 1. The Balaban J connectivity index is 1.96. The molecule has 0 saturated carbocycles. The van der Waals surface area contributed by atoms with E-state index in [-0.39, 0.29) is 12.5 Å². The van der Waals surface area contributed by atoms with Crippen molar-refractivity contribution in [3.05, 3.63) is 54.4 Å². The first-order valence-electron chi connectivity index (χ1n) is 9.92. The maximum absolute atomic E-state index is 13.4. The minimum Gasteiger partial charge on any atom is -0.497 e. The van der Waals surface area contributed by atoms with Gasteiger partial charge in [0.2, 0.25) is 5.91 Å². The van der Waals surface area contributed by atoms with Crippen molar-refractivity contribution >= 4 is 18.0 Å². The summed E-state index contributed by atoms with van der Waals surface area (Å²) in [5.41, 5.74) is -2.44. The van der Waals surface area contributed by atoms with Crippen LogP contribution in [0.4, 0.5) is 4.79 Å². The fourth-order valence-corrected chi connectivity index (χ4v) is 3.80. The molecule has 1 unspecified atom stereocenters. The van der Waals surface area contributed by atoms with Crippen molar-refractivity contribution < 1.29 is 28.6 Å². The Morgan fingerprint density at radius 2 is 1.61 bits per heavy atom. The van der Waals surface area contributed by atoms with Crippen LogP contribution < -0.4 is 4.74 Å². The van der Waals surface area contributed by atoms with Crippen molar-refractivity contribution in [1.82, 2.24) is 9.80 Å².